The smallest absolute Gasteiger partial charge is 0.350 e. The molecule has 0 fully saturated rings. The van der Waals surface area contributed by atoms with Gasteiger partial charge < -0.3 is 10.5 Å². The normalized spacial score (nSPS) is 11.0. The second kappa shape index (κ2) is 8.30. The van der Waals surface area contributed by atoms with Gasteiger partial charge >= 0.3 is 5.69 Å². The van der Waals surface area contributed by atoms with Crippen LogP contribution in [-0.4, -0.2) is 25.2 Å². The first kappa shape index (κ1) is 21.3. The lowest BCUT2D eigenvalue weighted by Crippen LogP contribution is -2.24. The molecule has 2 aromatic carbocycles. The van der Waals surface area contributed by atoms with E-state index in [2.05, 4.69) is 10.1 Å². The molecule has 0 radical (unpaired) electrons. The summed E-state index contributed by atoms with van der Waals surface area (Å²) < 4.78 is 49.3. The molecular formula is C20H14F3N5O3S. The predicted octanol–water partition coefficient (Wildman–Crippen LogP) is 3.16. The number of hydrogen-bond acceptors (Lipinski definition) is 6. The summed E-state index contributed by atoms with van der Waals surface area (Å²) >= 11 is 0.878. The zero-order chi connectivity index (χ0) is 23.0. The first-order valence-electron chi connectivity index (χ1n) is 9.06. The Labute approximate surface area is 182 Å². The topological polar surface area (TPSA) is 105 Å². The second-order valence-electron chi connectivity index (χ2n) is 6.66. The van der Waals surface area contributed by atoms with E-state index in [0.717, 1.165) is 51.2 Å². The Morgan fingerprint density at radius 1 is 1.16 bits per heavy atom. The van der Waals surface area contributed by atoms with Gasteiger partial charge in [-0.3, -0.25) is 9.36 Å². The Balaban J connectivity index is 1.59. The van der Waals surface area contributed by atoms with Gasteiger partial charge in [-0.2, -0.15) is 9.78 Å². The van der Waals surface area contributed by atoms with E-state index in [-0.39, 0.29) is 33.6 Å². The molecule has 12 heteroatoms. The molecule has 0 atom stereocenters. The SMILES string of the molecule is Cc1nc(C(N)=O)sc1Oc1ccc(-n2ncn(Cc3cc(F)ccc3F)c2=O)cc1F. The summed E-state index contributed by atoms with van der Waals surface area (Å²) in [7, 11) is 0. The molecule has 2 heterocycles. The molecule has 1 amide bonds. The molecule has 0 saturated carbocycles. The highest BCUT2D eigenvalue weighted by molar-refractivity contribution is 7.15. The van der Waals surface area contributed by atoms with Gasteiger partial charge in [0, 0.05) is 11.6 Å². The summed E-state index contributed by atoms with van der Waals surface area (Å²) in [6.45, 7) is 1.33. The molecule has 4 rings (SSSR count). The van der Waals surface area contributed by atoms with Crippen LogP contribution in [0.2, 0.25) is 0 Å². The first-order valence-corrected chi connectivity index (χ1v) is 9.88. The molecule has 0 aliphatic heterocycles. The maximum atomic E-state index is 14.6. The number of primary amides is 1. The van der Waals surface area contributed by atoms with E-state index in [1.165, 1.54) is 12.1 Å². The van der Waals surface area contributed by atoms with Crippen LogP contribution in [0.1, 0.15) is 21.1 Å². The van der Waals surface area contributed by atoms with Crippen molar-refractivity contribution in [2.45, 2.75) is 13.5 Å². The fraction of sp³-hybridized carbons (Fsp3) is 0.100. The standard InChI is InChI=1S/C20H14F3N5O3S/c1-10-19(32-18(26-10)17(24)29)31-16-5-3-13(7-15(16)23)28-20(30)27(9-25-28)8-11-6-12(21)2-4-14(11)22/h2-7,9H,8H2,1H3,(H2,24,29). The zero-order valence-corrected chi connectivity index (χ0v) is 17.2. The number of amides is 1. The quantitative estimate of drug-likeness (QED) is 0.475. The number of aryl methyl sites for hydroxylation is 1. The average molecular weight is 461 g/mol. The molecular weight excluding hydrogens is 447 g/mol. The van der Waals surface area contributed by atoms with Crippen LogP contribution >= 0.6 is 11.3 Å². The van der Waals surface area contributed by atoms with Gasteiger partial charge in [0.25, 0.3) is 5.91 Å². The van der Waals surface area contributed by atoms with Crippen LogP contribution in [0.15, 0.2) is 47.5 Å². The van der Waals surface area contributed by atoms with E-state index in [1.807, 2.05) is 0 Å². The first-order chi connectivity index (χ1) is 15.2. The number of nitrogens with two attached hydrogens (primary N) is 1. The van der Waals surface area contributed by atoms with Gasteiger partial charge in [-0.25, -0.2) is 22.9 Å². The molecule has 0 bridgehead atoms. The van der Waals surface area contributed by atoms with Gasteiger partial charge in [-0.1, -0.05) is 11.3 Å². The molecule has 0 aliphatic carbocycles. The number of hydrogen-bond donors (Lipinski definition) is 1. The molecule has 164 valence electrons. The van der Waals surface area contributed by atoms with Gasteiger partial charge in [0.2, 0.25) is 5.06 Å². The number of nitrogens with zero attached hydrogens (tertiary/aromatic N) is 4. The number of carbonyl (C=O) groups is 1. The highest BCUT2D eigenvalue weighted by Gasteiger charge is 2.17. The molecule has 4 aromatic rings. The van der Waals surface area contributed by atoms with Crippen molar-refractivity contribution < 1.29 is 22.7 Å². The third-order valence-corrected chi connectivity index (χ3v) is 5.46. The van der Waals surface area contributed by atoms with E-state index >= 15 is 0 Å². The number of rotatable bonds is 6. The molecule has 0 aliphatic rings. The summed E-state index contributed by atoms with van der Waals surface area (Å²) in [5.41, 5.74) is 4.94. The van der Waals surface area contributed by atoms with Crippen LogP contribution in [-0.2, 0) is 6.54 Å². The predicted molar refractivity (Wildman–Crippen MR) is 109 cm³/mol. The summed E-state index contributed by atoms with van der Waals surface area (Å²) in [4.78, 5) is 27.8. The van der Waals surface area contributed by atoms with Crippen molar-refractivity contribution in [3.05, 3.63) is 86.9 Å². The van der Waals surface area contributed by atoms with E-state index < -0.39 is 29.0 Å². The molecule has 0 saturated heterocycles. The Bertz CT molecular complexity index is 1400. The van der Waals surface area contributed by atoms with Gasteiger partial charge in [-0.15, -0.1) is 0 Å². The Morgan fingerprint density at radius 3 is 2.62 bits per heavy atom. The highest BCUT2D eigenvalue weighted by Crippen LogP contribution is 2.33. The van der Waals surface area contributed by atoms with Crippen LogP contribution in [0, 0.1) is 24.4 Å². The van der Waals surface area contributed by atoms with Crippen LogP contribution < -0.4 is 16.2 Å². The summed E-state index contributed by atoms with van der Waals surface area (Å²) in [6, 6.07) is 6.63. The largest absolute Gasteiger partial charge is 0.442 e. The number of halogens is 3. The van der Waals surface area contributed by atoms with Gasteiger partial charge in [0.1, 0.15) is 18.0 Å². The molecule has 2 N–H and O–H groups in total. The lowest BCUT2D eigenvalue weighted by molar-refractivity contribution is 0.0999. The number of ether oxygens (including phenoxy) is 1. The van der Waals surface area contributed by atoms with Gasteiger partial charge in [-0.05, 0) is 37.3 Å². The van der Waals surface area contributed by atoms with Crippen molar-refractivity contribution in [1.82, 2.24) is 19.3 Å². The zero-order valence-electron chi connectivity index (χ0n) is 16.4. The minimum atomic E-state index is -0.798. The fourth-order valence-corrected chi connectivity index (χ4v) is 3.64. The minimum Gasteiger partial charge on any atom is -0.442 e. The molecule has 8 nitrogen and oxygen atoms in total. The summed E-state index contributed by atoms with van der Waals surface area (Å²) in [5, 5.41) is 4.14. The summed E-state index contributed by atoms with van der Waals surface area (Å²) in [5.74, 6) is -2.99. The number of thiazole rings is 1. The van der Waals surface area contributed by atoms with E-state index in [4.69, 9.17) is 10.5 Å². The van der Waals surface area contributed by atoms with Crippen molar-refractivity contribution >= 4 is 17.2 Å². The second-order valence-corrected chi connectivity index (χ2v) is 7.62. The maximum absolute atomic E-state index is 14.6. The Morgan fingerprint density at radius 2 is 1.94 bits per heavy atom. The van der Waals surface area contributed by atoms with E-state index in [0.29, 0.717) is 5.69 Å². The molecule has 32 heavy (non-hydrogen) atoms. The Kier molecular flexibility index (Phi) is 5.53. The monoisotopic (exact) mass is 461 g/mol. The number of carbonyl (C=O) groups excluding carboxylic acids is 1. The third-order valence-electron chi connectivity index (χ3n) is 4.41. The lowest BCUT2D eigenvalue weighted by atomic mass is 10.2. The van der Waals surface area contributed by atoms with E-state index in [9.17, 15) is 22.8 Å². The van der Waals surface area contributed by atoms with Crippen molar-refractivity contribution in [3.63, 3.8) is 0 Å². The van der Waals surface area contributed by atoms with Gasteiger partial charge in [0.15, 0.2) is 16.6 Å². The van der Waals surface area contributed by atoms with Crippen molar-refractivity contribution in [2.75, 3.05) is 0 Å². The fourth-order valence-electron chi connectivity index (χ4n) is 2.85. The summed E-state index contributed by atoms with van der Waals surface area (Å²) in [6.07, 6.45) is 1.14. The molecule has 2 aromatic heterocycles. The van der Waals surface area contributed by atoms with Crippen LogP contribution in [0.25, 0.3) is 5.69 Å². The van der Waals surface area contributed by atoms with Crippen molar-refractivity contribution in [1.29, 1.82) is 0 Å². The maximum Gasteiger partial charge on any atom is 0.350 e. The molecule has 0 unspecified atom stereocenters. The van der Waals surface area contributed by atoms with Crippen molar-refractivity contribution in [3.8, 4) is 16.5 Å². The van der Waals surface area contributed by atoms with Crippen molar-refractivity contribution in [2.24, 2.45) is 5.73 Å². The van der Waals surface area contributed by atoms with Crippen LogP contribution in [0.4, 0.5) is 13.2 Å². The van der Waals surface area contributed by atoms with Crippen LogP contribution in [0.5, 0.6) is 10.8 Å². The number of benzene rings is 2. The minimum absolute atomic E-state index is 0.0290. The highest BCUT2D eigenvalue weighted by atomic mass is 32.1. The van der Waals surface area contributed by atoms with Gasteiger partial charge in [0.05, 0.1) is 17.9 Å². The van der Waals surface area contributed by atoms with E-state index in [1.54, 1.807) is 6.92 Å². The number of aromatic nitrogens is 4. The average Bonchev–Trinajstić information content (AvgIpc) is 3.29. The third kappa shape index (κ3) is 4.12. The van der Waals surface area contributed by atoms with Crippen LogP contribution in [0.3, 0.4) is 0 Å². The lowest BCUT2D eigenvalue weighted by Gasteiger charge is -2.07. The Hall–Kier alpha value is -3.93. The molecule has 0 spiro atoms.